The van der Waals surface area contributed by atoms with Crippen molar-refractivity contribution < 1.29 is 19.1 Å². The predicted octanol–water partition coefficient (Wildman–Crippen LogP) is 6.24. The van der Waals surface area contributed by atoms with Crippen LogP contribution in [0.1, 0.15) is 38.8 Å². The van der Waals surface area contributed by atoms with Crippen molar-refractivity contribution in [3.05, 3.63) is 130 Å². The summed E-state index contributed by atoms with van der Waals surface area (Å²) < 4.78 is 5.37. The van der Waals surface area contributed by atoms with E-state index in [4.69, 9.17) is 16.3 Å². The average Bonchev–Trinajstić information content (AvgIpc) is 3.53. The Morgan fingerprint density at radius 3 is 2.44 bits per heavy atom. The van der Waals surface area contributed by atoms with Gasteiger partial charge in [-0.25, -0.2) is 9.69 Å². The van der Waals surface area contributed by atoms with Crippen LogP contribution in [0.3, 0.4) is 0 Å². The van der Waals surface area contributed by atoms with Crippen LogP contribution in [0.5, 0.6) is 5.75 Å². The Morgan fingerprint density at radius 2 is 1.67 bits per heavy atom. The molecule has 7 rings (SSSR count). The Labute approximate surface area is 252 Å². The number of para-hydroxylation sites is 2. The van der Waals surface area contributed by atoms with Crippen LogP contribution in [0, 0.1) is 0 Å². The van der Waals surface area contributed by atoms with E-state index >= 15 is 0 Å². The number of halogens is 1. The minimum atomic E-state index is -0.739. The molecule has 2 aliphatic rings. The van der Waals surface area contributed by atoms with Gasteiger partial charge in [-0.1, -0.05) is 66.2 Å². The second kappa shape index (κ2) is 10.6. The molecule has 0 bridgehead atoms. The van der Waals surface area contributed by atoms with Crippen molar-refractivity contribution in [3.63, 3.8) is 0 Å². The molecule has 2 atom stereocenters. The molecule has 3 heterocycles. The highest BCUT2D eigenvalue weighted by Gasteiger charge is 2.53. The number of carbonyl (C=O) groups excluding carboxylic acids is 3. The van der Waals surface area contributed by atoms with Crippen LogP contribution in [0.2, 0.25) is 5.02 Å². The van der Waals surface area contributed by atoms with Crippen molar-refractivity contribution in [1.82, 2.24) is 15.2 Å². The Bertz CT molecular complexity index is 1880. The third kappa shape index (κ3) is 4.51. The molecule has 43 heavy (non-hydrogen) atoms. The number of aromatic amines is 1. The van der Waals surface area contributed by atoms with Crippen molar-refractivity contribution in [2.24, 2.45) is 0 Å². The minimum Gasteiger partial charge on any atom is -0.497 e. The average molecular weight is 591 g/mol. The van der Waals surface area contributed by atoms with Gasteiger partial charge in [0.05, 0.1) is 18.4 Å². The number of benzene rings is 4. The monoisotopic (exact) mass is 590 g/mol. The number of carbonyl (C=O) groups is 3. The maximum Gasteiger partial charge on any atom is 0.332 e. The topological polar surface area (TPSA) is 94.7 Å². The number of nitrogens with zero attached hydrogens (tertiary/aromatic N) is 2. The fourth-order valence-electron chi connectivity index (χ4n) is 6.17. The molecule has 9 heteroatoms. The number of fused-ring (bicyclic) bond motifs is 4. The first-order chi connectivity index (χ1) is 20.9. The van der Waals surface area contributed by atoms with Gasteiger partial charge in [0.15, 0.2) is 0 Å². The molecule has 5 aromatic rings. The number of imide groups is 1. The van der Waals surface area contributed by atoms with Crippen LogP contribution >= 0.6 is 11.6 Å². The minimum absolute atomic E-state index is 0.239. The smallest absolute Gasteiger partial charge is 0.332 e. The number of rotatable bonds is 6. The van der Waals surface area contributed by atoms with Gasteiger partial charge in [-0.05, 0) is 59.2 Å². The summed E-state index contributed by atoms with van der Waals surface area (Å²) in [5, 5.41) is 4.54. The van der Waals surface area contributed by atoms with E-state index in [0.29, 0.717) is 17.2 Å². The second-order valence-corrected chi connectivity index (χ2v) is 11.1. The lowest BCUT2D eigenvalue weighted by atomic mass is 9.89. The zero-order valence-corrected chi connectivity index (χ0v) is 24.0. The molecule has 1 aromatic heterocycles. The Hall–Kier alpha value is -5.08. The first kappa shape index (κ1) is 26.8. The molecule has 1 saturated heterocycles. The zero-order chi connectivity index (χ0) is 29.7. The summed E-state index contributed by atoms with van der Waals surface area (Å²) >= 11 is 5.99. The molecule has 214 valence electrons. The summed E-state index contributed by atoms with van der Waals surface area (Å²) in [6.45, 7) is 0.266. The lowest BCUT2D eigenvalue weighted by Crippen LogP contribution is -2.44. The van der Waals surface area contributed by atoms with E-state index in [9.17, 15) is 14.4 Å². The van der Waals surface area contributed by atoms with Crippen molar-refractivity contribution >= 4 is 46.0 Å². The van der Waals surface area contributed by atoms with E-state index in [1.807, 2.05) is 60.7 Å². The number of aromatic nitrogens is 1. The number of amides is 4. The quantitative estimate of drug-likeness (QED) is 0.229. The number of H-pyrrole nitrogens is 1. The molecule has 0 aliphatic carbocycles. The van der Waals surface area contributed by atoms with Gasteiger partial charge in [0, 0.05) is 34.6 Å². The molecule has 2 N–H and O–H groups in total. The first-order valence-corrected chi connectivity index (χ1v) is 14.3. The van der Waals surface area contributed by atoms with Gasteiger partial charge in [-0.15, -0.1) is 0 Å². The van der Waals surface area contributed by atoms with Crippen molar-refractivity contribution in [2.45, 2.75) is 25.0 Å². The van der Waals surface area contributed by atoms with Crippen LogP contribution in [0.15, 0.2) is 97.1 Å². The van der Waals surface area contributed by atoms with Gasteiger partial charge >= 0.3 is 6.03 Å². The lowest BCUT2D eigenvalue weighted by Gasteiger charge is -2.36. The summed E-state index contributed by atoms with van der Waals surface area (Å²) in [7, 11) is 1.60. The third-order valence-electron chi connectivity index (χ3n) is 8.24. The Balaban J connectivity index is 1.27. The van der Waals surface area contributed by atoms with Gasteiger partial charge < -0.3 is 15.0 Å². The summed E-state index contributed by atoms with van der Waals surface area (Å²) in [5.74, 6) is -0.0618. The normalized spacial score (nSPS) is 17.6. The maximum atomic E-state index is 14.3. The summed E-state index contributed by atoms with van der Waals surface area (Å²) in [4.78, 5) is 48.2. The summed E-state index contributed by atoms with van der Waals surface area (Å²) in [5.41, 5.74) is 5.04. The van der Waals surface area contributed by atoms with E-state index in [2.05, 4.69) is 10.3 Å². The van der Waals surface area contributed by atoms with Crippen molar-refractivity contribution in [3.8, 4) is 5.75 Å². The Morgan fingerprint density at radius 1 is 0.953 bits per heavy atom. The van der Waals surface area contributed by atoms with E-state index in [-0.39, 0.29) is 29.6 Å². The van der Waals surface area contributed by atoms with Crippen LogP contribution in [-0.4, -0.2) is 40.9 Å². The Kier molecular flexibility index (Phi) is 6.63. The van der Waals surface area contributed by atoms with Gasteiger partial charge in [0.1, 0.15) is 17.8 Å². The number of nitrogens with one attached hydrogen (secondary N) is 2. The largest absolute Gasteiger partial charge is 0.497 e. The number of hydrogen-bond donors (Lipinski definition) is 2. The number of hydrogen-bond acceptors (Lipinski definition) is 4. The number of anilines is 1. The van der Waals surface area contributed by atoms with Crippen molar-refractivity contribution in [2.75, 3.05) is 12.0 Å². The van der Waals surface area contributed by atoms with Crippen LogP contribution in [0.4, 0.5) is 10.5 Å². The number of ether oxygens (including phenoxy) is 1. The highest BCUT2D eigenvalue weighted by atomic mass is 35.5. The molecule has 8 nitrogen and oxygen atoms in total. The molecular formula is C34H27ClN4O4. The fourth-order valence-corrected chi connectivity index (χ4v) is 6.30. The maximum absolute atomic E-state index is 14.3. The molecule has 2 aliphatic heterocycles. The predicted molar refractivity (Wildman–Crippen MR) is 164 cm³/mol. The number of methoxy groups -OCH3 is 1. The SMILES string of the molecule is COc1ccc(C2c3[nH]c4ccccc4c3CC3C(=O)N(c4ccccc4C(=O)NCc4ccc(Cl)cc4)C(=O)N32)cc1. The van der Waals surface area contributed by atoms with E-state index in [1.165, 1.54) is 0 Å². The van der Waals surface area contributed by atoms with Crippen LogP contribution in [-0.2, 0) is 17.8 Å². The highest BCUT2D eigenvalue weighted by molar-refractivity contribution is 6.30. The molecule has 4 aromatic carbocycles. The van der Waals surface area contributed by atoms with E-state index in [0.717, 1.165) is 38.2 Å². The van der Waals surface area contributed by atoms with Gasteiger partial charge in [0.25, 0.3) is 11.8 Å². The molecular weight excluding hydrogens is 564 g/mol. The first-order valence-electron chi connectivity index (χ1n) is 14.0. The van der Waals surface area contributed by atoms with Gasteiger partial charge in [0.2, 0.25) is 0 Å². The number of urea groups is 1. The van der Waals surface area contributed by atoms with Gasteiger partial charge in [-0.2, -0.15) is 0 Å². The molecule has 0 radical (unpaired) electrons. The summed E-state index contributed by atoms with van der Waals surface area (Å²) in [6.07, 6.45) is 0.359. The lowest BCUT2D eigenvalue weighted by molar-refractivity contribution is -0.120. The molecule has 0 saturated carbocycles. The highest BCUT2D eigenvalue weighted by Crippen LogP contribution is 2.45. The van der Waals surface area contributed by atoms with Crippen LogP contribution in [0.25, 0.3) is 10.9 Å². The van der Waals surface area contributed by atoms with Crippen LogP contribution < -0.4 is 15.0 Å². The van der Waals surface area contributed by atoms with Crippen molar-refractivity contribution in [1.29, 1.82) is 0 Å². The molecule has 0 spiro atoms. The molecule has 4 amide bonds. The standard InChI is InChI=1S/C34H27ClN4O4/c1-43-23-16-12-21(13-17-23)31-30-26(24-6-2-4-8-27(24)37-30)18-29-33(41)39(34(42)38(29)31)28-9-5-3-7-25(28)32(40)36-19-20-10-14-22(35)15-11-20/h2-17,29,31,37H,18-19H2,1H3,(H,36,40). The molecule has 2 unspecified atom stereocenters. The van der Waals surface area contributed by atoms with Gasteiger partial charge in [-0.3, -0.25) is 14.5 Å². The second-order valence-electron chi connectivity index (χ2n) is 10.6. The van der Waals surface area contributed by atoms with E-state index < -0.39 is 18.1 Å². The van der Waals surface area contributed by atoms with E-state index in [1.54, 1.807) is 48.4 Å². The summed E-state index contributed by atoms with van der Waals surface area (Å²) in [6, 6.07) is 27.6. The fraction of sp³-hybridized carbons (Fsp3) is 0.147. The molecule has 1 fully saturated rings. The zero-order valence-electron chi connectivity index (χ0n) is 23.2. The third-order valence-corrected chi connectivity index (χ3v) is 8.49.